The van der Waals surface area contributed by atoms with Gasteiger partial charge in [0.1, 0.15) is 18.1 Å². The van der Waals surface area contributed by atoms with E-state index in [4.69, 9.17) is 11.6 Å². The molecule has 0 fully saturated rings. The zero-order valence-electron chi connectivity index (χ0n) is 24.5. The first-order valence-electron chi connectivity index (χ1n) is 14.0. The number of nitrogens with one attached hydrogen (secondary N) is 2. The van der Waals surface area contributed by atoms with Crippen molar-refractivity contribution in [1.82, 2.24) is 35.7 Å². The molecular weight excluding hydrogens is 612 g/mol. The van der Waals surface area contributed by atoms with Crippen molar-refractivity contribution in [3.8, 4) is 16.8 Å². The van der Waals surface area contributed by atoms with Gasteiger partial charge in [-0.25, -0.2) is 4.79 Å². The zero-order valence-corrected chi connectivity index (χ0v) is 25.2. The zero-order chi connectivity index (χ0) is 32.5. The fourth-order valence-corrected chi connectivity index (χ4v) is 4.84. The number of aromatic nitrogens is 6. The highest BCUT2D eigenvalue weighted by Crippen LogP contribution is 2.30. The minimum Gasteiger partial charge on any atom is -0.453 e. The summed E-state index contributed by atoms with van der Waals surface area (Å²) in [4.78, 5) is 25.0. The molecule has 2 atom stereocenters. The topological polar surface area (TPSA) is 177 Å². The van der Waals surface area contributed by atoms with Crippen LogP contribution in [-0.2, 0) is 16.0 Å². The summed E-state index contributed by atoms with van der Waals surface area (Å²) in [7, 11) is 1.27. The number of rotatable bonds is 11. The van der Waals surface area contributed by atoms with Gasteiger partial charge in [0.05, 0.1) is 31.1 Å². The molecule has 14 heteroatoms. The average molecular weight is 641 g/mol. The number of benzene rings is 3. The van der Waals surface area contributed by atoms with Crippen LogP contribution in [0.2, 0.25) is 5.02 Å². The lowest BCUT2D eigenvalue weighted by Crippen LogP contribution is -2.29. The molecule has 5 rings (SSSR count). The predicted molar refractivity (Wildman–Crippen MR) is 170 cm³/mol. The second-order valence-corrected chi connectivity index (χ2v) is 10.4. The Kier molecular flexibility index (Phi) is 10.4. The highest BCUT2D eigenvalue weighted by molar-refractivity contribution is 6.30. The molecule has 0 aliphatic rings. The third kappa shape index (κ3) is 7.95. The Morgan fingerprint density at radius 3 is 2.52 bits per heavy atom. The van der Waals surface area contributed by atoms with Crippen LogP contribution in [0.1, 0.15) is 34.7 Å². The lowest BCUT2D eigenvalue weighted by molar-refractivity contribution is -0.117. The predicted octanol–water partition coefficient (Wildman–Crippen LogP) is 4.09. The van der Waals surface area contributed by atoms with Crippen LogP contribution in [0.15, 0.2) is 91.3 Å². The number of tetrazole rings is 1. The fraction of sp³-hybridized carbons (Fsp3) is 0.156. The molecule has 2 aromatic heterocycles. The third-order valence-corrected chi connectivity index (χ3v) is 7.15. The van der Waals surface area contributed by atoms with Gasteiger partial charge in [-0.2, -0.15) is 14.9 Å². The van der Waals surface area contributed by atoms with E-state index in [2.05, 4.69) is 41.1 Å². The maximum Gasteiger partial charge on any atom is 0.411 e. The van der Waals surface area contributed by atoms with Gasteiger partial charge in [-0.15, -0.1) is 5.10 Å². The maximum absolute atomic E-state index is 13.4. The molecule has 2 heterocycles. The number of methoxy groups -OCH3 is 1. The standard InChI is InChI=1S/C32H29ClN8O5/c1-46-32(45)35-24-11-7-21(8-12-24)25-17-27(37-38-31(25)29(43)18-42)26(15-20-5-3-2-4-6-20)36-30(44)14-9-22-16-23(33)10-13-28(22)41-19-34-39-40-41/h2-14,16-17,19,26,29,42-43H,15,18H2,1H3,(H,35,45)(H,36,44)/b14-9+/t26-,29?/m0/s1. The van der Waals surface area contributed by atoms with Crippen molar-refractivity contribution < 1.29 is 24.5 Å². The second-order valence-electron chi connectivity index (χ2n) is 10.0. The monoisotopic (exact) mass is 640 g/mol. The molecule has 46 heavy (non-hydrogen) atoms. The Morgan fingerprint density at radius 2 is 1.83 bits per heavy atom. The van der Waals surface area contributed by atoms with Crippen LogP contribution in [-0.4, -0.2) is 66.3 Å². The summed E-state index contributed by atoms with van der Waals surface area (Å²) >= 11 is 6.23. The third-order valence-electron chi connectivity index (χ3n) is 6.91. The van der Waals surface area contributed by atoms with Crippen LogP contribution >= 0.6 is 11.6 Å². The fourth-order valence-electron chi connectivity index (χ4n) is 4.66. The summed E-state index contributed by atoms with van der Waals surface area (Å²) in [5, 5.41) is 46.2. The van der Waals surface area contributed by atoms with Gasteiger partial charge in [0.2, 0.25) is 5.91 Å². The van der Waals surface area contributed by atoms with E-state index in [1.165, 1.54) is 24.2 Å². The van der Waals surface area contributed by atoms with Gasteiger partial charge in [-0.05, 0) is 70.4 Å². The molecular formula is C32H29ClN8O5. The molecule has 13 nitrogen and oxygen atoms in total. The van der Waals surface area contributed by atoms with Gasteiger partial charge < -0.3 is 20.3 Å². The van der Waals surface area contributed by atoms with Crippen LogP contribution in [0.5, 0.6) is 0 Å². The van der Waals surface area contributed by atoms with Gasteiger partial charge >= 0.3 is 6.09 Å². The van der Waals surface area contributed by atoms with Crippen molar-refractivity contribution in [3.63, 3.8) is 0 Å². The van der Waals surface area contributed by atoms with Crippen molar-refractivity contribution in [3.05, 3.63) is 119 Å². The molecule has 0 aliphatic carbocycles. The van der Waals surface area contributed by atoms with Crippen LogP contribution < -0.4 is 10.6 Å². The minimum atomic E-state index is -1.30. The molecule has 4 N–H and O–H groups in total. The summed E-state index contributed by atoms with van der Waals surface area (Å²) in [6, 6.07) is 22.5. The normalized spacial score (nSPS) is 12.4. The van der Waals surface area contributed by atoms with Gasteiger partial charge in [-0.1, -0.05) is 54.1 Å². The summed E-state index contributed by atoms with van der Waals surface area (Å²) < 4.78 is 6.11. The summed E-state index contributed by atoms with van der Waals surface area (Å²) in [5.41, 5.74) is 4.37. The number of halogens is 1. The van der Waals surface area contributed by atoms with Gasteiger partial charge in [0.15, 0.2) is 0 Å². The number of carbonyl (C=O) groups excluding carboxylic acids is 2. The molecule has 2 amide bonds. The van der Waals surface area contributed by atoms with E-state index >= 15 is 0 Å². The van der Waals surface area contributed by atoms with E-state index in [-0.39, 0.29) is 5.69 Å². The highest BCUT2D eigenvalue weighted by Gasteiger charge is 2.22. The Labute approximate surface area is 268 Å². The molecule has 3 aromatic carbocycles. The maximum atomic E-state index is 13.4. The molecule has 0 aliphatic heterocycles. The van der Waals surface area contributed by atoms with Crippen molar-refractivity contribution in [2.24, 2.45) is 0 Å². The van der Waals surface area contributed by atoms with E-state index in [0.717, 1.165) is 5.56 Å². The summed E-state index contributed by atoms with van der Waals surface area (Å²) in [6.45, 7) is -0.575. The van der Waals surface area contributed by atoms with E-state index < -0.39 is 30.8 Å². The smallest absolute Gasteiger partial charge is 0.411 e. The van der Waals surface area contributed by atoms with E-state index in [0.29, 0.717) is 45.2 Å². The van der Waals surface area contributed by atoms with Gasteiger partial charge in [0.25, 0.3) is 0 Å². The first kappa shape index (κ1) is 31.9. The molecule has 234 valence electrons. The van der Waals surface area contributed by atoms with Crippen molar-refractivity contribution >= 4 is 35.4 Å². The summed E-state index contributed by atoms with van der Waals surface area (Å²) in [5.74, 6) is -0.412. The molecule has 0 spiro atoms. The van der Waals surface area contributed by atoms with E-state index in [1.807, 2.05) is 30.3 Å². The average Bonchev–Trinajstić information content (AvgIpc) is 3.62. The number of ether oxygens (including phenoxy) is 1. The van der Waals surface area contributed by atoms with E-state index in [1.54, 1.807) is 54.6 Å². The van der Waals surface area contributed by atoms with Crippen molar-refractivity contribution in [1.29, 1.82) is 0 Å². The lowest BCUT2D eigenvalue weighted by Gasteiger charge is -2.20. The van der Waals surface area contributed by atoms with Gasteiger partial charge in [0, 0.05) is 27.9 Å². The molecule has 0 saturated heterocycles. The second kappa shape index (κ2) is 15.0. The molecule has 0 bridgehead atoms. The number of aliphatic hydroxyl groups excluding tert-OH is 2. The Balaban J connectivity index is 1.48. The molecule has 5 aromatic rings. The summed E-state index contributed by atoms with van der Waals surface area (Å²) in [6.07, 6.45) is 2.88. The van der Waals surface area contributed by atoms with E-state index in [9.17, 15) is 19.8 Å². The Morgan fingerprint density at radius 1 is 1.04 bits per heavy atom. The van der Waals surface area contributed by atoms with Gasteiger partial charge in [-0.3, -0.25) is 10.1 Å². The van der Waals surface area contributed by atoms with Crippen molar-refractivity contribution in [2.75, 3.05) is 19.0 Å². The Hall–Kier alpha value is -5.50. The number of nitrogens with zero attached hydrogens (tertiary/aromatic N) is 6. The van der Waals surface area contributed by atoms with Crippen molar-refractivity contribution in [2.45, 2.75) is 18.6 Å². The first-order valence-corrected chi connectivity index (χ1v) is 14.4. The number of anilines is 1. The first-order chi connectivity index (χ1) is 22.3. The largest absolute Gasteiger partial charge is 0.453 e. The van der Waals surface area contributed by atoms with Crippen LogP contribution in [0.4, 0.5) is 10.5 Å². The number of aliphatic hydroxyl groups is 2. The number of hydrogen-bond acceptors (Lipinski definition) is 10. The molecule has 0 radical (unpaired) electrons. The van der Waals surface area contributed by atoms with Crippen LogP contribution in [0, 0.1) is 0 Å². The lowest BCUT2D eigenvalue weighted by atomic mass is 9.97. The van der Waals surface area contributed by atoms with Crippen LogP contribution in [0.25, 0.3) is 22.9 Å². The van der Waals surface area contributed by atoms with Crippen LogP contribution in [0.3, 0.4) is 0 Å². The SMILES string of the molecule is COC(=O)Nc1ccc(-c2cc([C@H](Cc3ccccc3)NC(=O)/C=C/c3cc(Cl)ccc3-n3cnnn3)nnc2C(O)CO)cc1. The Bertz CT molecular complexity index is 1820. The number of hydrogen-bond donors (Lipinski definition) is 4. The molecule has 0 saturated carbocycles. The minimum absolute atomic E-state index is 0.153. The quantitative estimate of drug-likeness (QED) is 0.154. The molecule has 1 unspecified atom stereocenters. The highest BCUT2D eigenvalue weighted by atomic mass is 35.5. The number of amides is 2. The number of carbonyl (C=O) groups is 2.